The second-order valence-corrected chi connectivity index (χ2v) is 7.15. The molecule has 0 saturated heterocycles. The lowest BCUT2D eigenvalue weighted by Crippen LogP contribution is -2.25. The third-order valence-electron chi connectivity index (χ3n) is 3.59. The van der Waals surface area contributed by atoms with E-state index >= 15 is 0 Å². The average Bonchev–Trinajstić information content (AvgIpc) is 2.42. The Labute approximate surface area is 141 Å². The van der Waals surface area contributed by atoms with Crippen molar-refractivity contribution in [2.75, 3.05) is 0 Å². The van der Waals surface area contributed by atoms with Crippen LogP contribution in [-0.2, 0) is 19.2 Å². The van der Waals surface area contributed by atoms with Crippen LogP contribution in [0.15, 0.2) is 0 Å². The lowest BCUT2D eigenvalue weighted by molar-refractivity contribution is -0.133. The van der Waals surface area contributed by atoms with Gasteiger partial charge in [-0.05, 0) is 19.8 Å². The number of unbranched alkanes of at least 4 members (excludes halogenated alkanes) is 1. The van der Waals surface area contributed by atoms with E-state index in [-0.39, 0.29) is 47.3 Å². The van der Waals surface area contributed by atoms with Crippen LogP contribution in [0, 0.1) is 11.3 Å². The van der Waals surface area contributed by atoms with Gasteiger partial charge in [0.25, 0.3) is 0 Å². The van der Waals surface area contributed by atoms with Gasteiger partial charge in [-0.15, -0.1) is 0 Å². The number of hydrogen-bond donors (Lipinski definition) is 0. The van der Waals surface area contributed by atoms with Crippen LogP contribution in [0.3, 0.4) is 0 Å². The van der Waals surface area contributed by atoms with Gasteiger partial charge in [0.05, 0.1) is 12.8 Å². The van der Waals surface area contributed by atoms with Crippen LogP contribution in [0.1, 0.15) is 87.0 Å². The van der Waals surface area contributed by atoms with E-state index < -0.39 is 0 Å². The highest BCUT2D eigenvalue weighted by Gasteiger charge is 2.25. The maximum Gasteiger partial charge on any atom is 0.145 e. The van der Waals surface area contributed by atoms with Crippen molar-refractivity contribution in [3.63, 3.8) is 0 Å². The summed E-state index contributed by atoms with van der Waals surface area (Å²) >= 11 is 0. The van der Waals surface area contributed by atoms with Crippen LogP contribution < -0.4 is 0 Å². The number of carbonyl (C=O) groups excluding carboxylic acids is 4. The summed E-state index contributed by atoms with van der Waals surface area (Å²) in [5, 5.41) is 0. The van der Waals surface area contributed by atoms with Crippen molar-refractivity contribution in [2.24, 2.45) is 11.3 Å². The van der Waals surface area contributed by atoms with E-state index in [2.05, 4.69) is 0 Å². The first-order chi connectivity index (χ1) is 10.4. The molecule has 0 amide bonds. The molecule has 0 saturated carbocycles. The van der Waals surface area contributed by atoms with Gasteiger partial charge in [0.2, 0.25) is 0 Å². The predicted molar refractivity (Wildman–Crippen MR) is 93.4 cm³/mol. The van der Waals surface area contributed by atoms with Gasteiger partial charge in [0.1, 0.15) is 23.1 Å². The molecule has 0 radical (unpaired) electrons. The summed E-state index contributed by atoms with van der Waals surface area (Å²) in [6.45, 7) is 12.9. The minimum atomic E-state index is -0.386. The molecule has 4 nitrogen and oxygen atoms in total. The Hall–Kier alpha value is -1.32. The normalized spacial score (nSPS) is 12.0. The summed E-state index contributed by atoms with van der Waals surface area (Å²) in [4.78, 5) is 44.1. The minimum Gasteiger partial charge on any atom is -0.300 e. The zero-order chi connectivity index (χ0) is 18.6. The maximum absolute atomic E-state index is 11.5. The molecule has 134 valence electrons. The fourth-order valence-corrected chi connectivity index (χ4v) is 1.57. The Bertz CT molecular complexity index is 402. The fraction of sp³-hybridized carbons (Fsp3) is 0.789. The first-order valence-corrected chi connectivity index (χ1v) is 8.52. The average molecular weight is 326 g/mol. The number of hydrogen-bond acceptors (Lipinski definition) is 4. The molecule has 0 spiro atoms. The van der Waals surface area contributed by atoms with Crippen LogP contribution in [0.2, 0.25) is 0 Å². The van der Waals surface area contributed by atoms with Gasteiger partial charge in [-0.2, -0.15) is 0 Å². The summed E-state index contributed by atoms with van der Waals surface area (Å²) in [6.07, 6.45) is 3.53. The van der Waals surface area contributed by atoms with Crippen LogP contribution >= 0.6 is 0 Å². The smallest absolute Gasteiger partial charge is 0.145 e. The van der Waals surface area contributed by atoms with Crippen molar-refractivity contribution in [3.8, 4) is 0 Å². The SMILES string of the molecule is CCC(C)C(=O)CC(=O)C(C)(C)C.CCCCC(=O)CC(C)=O. The van der Waals surface area contributed by atoms with Gasteiger partial charge >= 0.3 is 0 Å². The van der Waals surface area contributed by atoms with Crippen LogP contribution in [0.4, 0.5) is 0 Å². The van der Waals surface area contributed by atoms with E-state index in [1.165, 1.54) is 6.92 Å². The van der Waals surface area contributed by atoms with Gasteiger partial charge in [-0.1, -0.05) is 48.0 Å². The highest BCUT2D eigenvalue weighted by atomic mass is 16.2. The van der Waals surface area contributed by atoms with Crippen molar-refractivity contribution in [3.05, 3.63) is 0 Å². The number of carbonyl (C=O) groups is 4. The Morgan fingerprint density at radius 1 is 0.957 bits per heavy atom. The molecule has 0 heterocycles. The quantitative estimate of drug-likeness (QED) is 0.591. The zero-order valence-electron chi connectivity index (χ0n) is 16.0. The monoisotopic (exact) mass is 326 g/mol. The lowest BCUT2D eigenvalue weighted by Gasteiger charge is -2.17. The van der Waals surface area contributed by atoms with Gasteiger partial charge in [0, 0.05) is 17.8 Å². The van der Waals surface area contributed by atoms with E-state index in [9.17, 15) is 19.2 Å². The van der Waals surface area contributed by atoms with Gasteiger partial charge in [0.15, 0.2) is 0 Å². The van der Waals surface area contributed by atoms with Crippen molar-refractivity contribution in [2.45, 2.75) is 87.0 Å². The molecule has 0 aliphatic rings. The molecule has 0 N–H and O–H groups in total. The Balaban J connectivity index is 0. The van der Waals surface area contributed by atoms with Crippen molar-refractivity contribution in [1.29, 1.82) is 0 Å². The molecule has 23 heavy (non-hydrogen) atoms. The molecule has 1 atom stereocenters. The maximum atomic E-state index is 11.5. The lowest BCUT2D eigenvalue weighted by atomic mass is 9.86. The van der Waals surface area contributed by atoms with E-state index in [0.717, 1.165) is 19.3 Å². The van der Waals surface area contributed by atoms with Crippen LogP contribution in [0.25, 0.3) is 0 Å². The first kappa shape index (κ1) is 23.9. The number of rotatable bonds is 9. The van der Waals surface area contributed by atoms with E-state index in [1.54, 1.807) is 0 Å². The number of Topliss-reactive ketones (excluding diaryl/α,β-unsaturated/α-hetero) is 4. The Morgan fingerprint density at radius 3 is 1.83 bits per heavy atom. The molecular formula is C19H34O4. The Morgan fingerprint density at radius 2 is 1.48 bits per heavy atom. The minimum absolute atomic E-state index is 0.0197. The van der Waals surface area contributed by atoms with Gasteiger partial charge in [-0.3, -0.25) is 19.2 Å². The third-order valence-corrected chi connectivity index (χ3v) is 3.59. The summed E-state index contributed by atoms with van der Waals surface area (Å²) in [5.41, 5.74) is -0.386. The standard InChI is InChI=1S/C11H20O2.C8H14O2/c1-6-8(2)9(12)7-10(13)11(3,4)5;1-3-4-5-8(10)6-7(2)9/h8H,6-7H2,1-5H3;3-6H2,1-2H3. The molecule has 0 aromatic carbocycles. The van der Waals surface area contributed by atoms with Crippen molar-refractivity contribution >= 4 is 23.1 Å². The van der Waals surface area contributed by atoms with E-state index in [0.29, 0.717) is 6.42 Å². The van der Waals surface area contributed by atoms with Crippen molar-refractivity contribution < 1.29 is 19.2 Å². The zero-order valence-corrected chi connectivity index (χ0v) is 16.0. The van der Waals surface area contributed by atoms with Crippen molar-refractivity contribution in [1.82, 2.24) is 0 Å². The molecule has 0 aromatic rings. The summed E-state index contributed by atoms with van der Waals surface area (Å²) in [6, 6.07) is 0. The Kier molecular flexibility index (Phi) is 12.6. The largest absolute Gasteiger partial charge is 0.300 e. The van der Waals surface area contributed by atoms with Crippen LogP contribution in [-0.4, -0.2) is 23.1 Å². The topological polar surface area (TPSA) is 68.3 Å². The number of ketones is 4. The molecule has 1 unspecified atom stereocenters. The van der Waals surface area contributed by atoms with E-state index in [1.807, 2.05) is 41.5 Å². The van der Waals surface area contributed by atoms with Crippen LogP contribution in [0.5, 0.6) is 0 Å². The second-order valence-electron chi connectivity index (χ2n) is 7.15. The highest BCUT2D eigenvalue weighted by molar-refractivity contribution is 6.02. The molecule has 0 aliphatic heterocycles. The molecular weight excluding hydrogens is 292 g/mol. The molecule has 0 bridgehead atoms. The van der Waals surface area contributed by atoms with E-state index in [4.69, 9.17) is 0 Å². The summed E-state index contributed by atoms with van der Waals surface area (Å²) in [7, 11) is 0. The van der Waals surface area contributed by atoms with Gasteiger partial charge < -0.3 is 0 Å². The second kappa shape index (κ2) is 12.1. The summed E-state index contributed by atoms with van der Waals surface area (Å²) < 4.78 is 0. The third kappa shape index (κ3) is 14.0. The van der Waals surface area contributed by atoms with Gasteiger partial charge in [-0.25, -0.2) is 0 Å². The fourth-order valence-electron chi connectivity index (χ4n) is 1.57. The molecule has 0 fully saturated rings. The summed E-state index contributed by atoms with van der Waals surface area (Å²) in [5.74, 6) is 0.182. The molecule has 0 aromatic heterocycles. The molecule has 4 heteroatoms. The highest BCUT2D eigenvalue weighted by Crippen LogP contribution is 2.18. The molecule has 0 rings (SSSR count). The molecule has 0 aliphatic carbocycles. The predicted octanol–water partition coefficient (Wildman–Crippen LogP) is 4.33. The first-order valence-electron chi connectivity index (χ1n) is 8.52.